The molecule has 2 heterocycles. The fraction of sp³-hybridized carbons (Fsp3) is 0.368. The molecule has 0 spiro atoms. The zero-order valence-electron chi connectivity index (χ0n) is 14.1. The average Bonchev–Trinajstić information content (AvgIpc) is 3.10. The van der Waals surface area contributed by atoms with Crippen LogP contribution in [-0.2, 0) is 6.54 Å². The molecule has 1 saturated heterocycles. The Morgan fingerprint density at radius 3 is 2.68 bits per heavy atom. The summed E-state index contributed by atoms with van der Waals surface area (Å²) in [7, 11) is 1.76. The summed E-state index contributed by atoms with van der Waals surface area (Å²) in [6, 6.07) is 13.0. The van der Waals surface area contributed by atoms with Crippen molar-refractivity contribution in [3.05, 3.63) is 65.5 Å². The molecule has 1 aliphatic rings. The number of carbonyl (C=O) groups excluding carboxylic acids is 1. The van der Waals surface area contributed by atoms with Crippen molar-refractivity contribution >= 4 is 5.91 Å². The highest BCUT2D eigenvalue weighted by Gasteiger charge is 2.29. The Morgan fingerprint density at radius 2 is 2.04 bits per heavy atom. The first kappa shape index (κ1) is 17.5. The number of nitrogens with zero attached hydrogens (tertiary/aromatic N) is 3. The molecule has 1 aliphatic heterocycles. The van der Waals surface area contributed by atoms with Gasteiger partial charge in [-0.2, -0.15) is 0 Å². The molecule has 25 heavy (non-hydrogen) atoms. The molecule has 132 valence electrons. The third-order valence-corrected chi connectivity index (χ3v) is 4.62. The molecule has 0 N–H and O–H groups in total. The van der Waals surface area contributed by atoms with Crippen LogP contribution in [0.2, 0.25) is 0 Å². The molecule has 0 bridgehead atoms. The fourth-order valence-electron chi connectivity index (χ4n) is 3.14. The molecule has 1 aromatic carbocycles. The van der Waals surface area contributed by atoms with Crippen LogP contribution < -0.4 is 0 Å². The first-order valence-electron chi connectivity index (χ1n) is 8.32. The second-order valence-electron chi connectivity index (χ2n) is 6.35. The van der Waals surface area contributed by atoms with E-state index >= 15 is 0 Å². The molecular formula is C19H21F2N3O. The van der Waals surface area contributed by atoms with E-state index in [1.54, 1.807) is 11.9 Å². The Bertz CT molecular complexity index is 706. The summed E-state index contributed by atoms with van der Waals surface area (Å²) in [6.07, 6.45) is -0.488. The Labute approximate surface area is 146 Å². The number of carbonyl (C=O) groups is 1. The highest BCUT2D eigenvalue weighted by molar-refractivity contribution is 5.94. The number of halogens is 2. The van der Waals surface area contributed by atoms with Gasteiger partial charge in [0.05, 0.1) is 5.56 Å². The van der Waals surface area contributed by atoms with Crippen molar-refractivity contribution in [1.29, 1.82) is 0 Å². The SMILES string of the molecule is CN(C(=O)c1ccc(C(F)F)nc1)C1CCN(Cc2ccccc2)C1. The molecule has 0 saturated carbocycles. The van der Waals surface area contributed by atoms with Gasteiger partial charge < -0.3 is 4.90 Å². The van der Waals surface area contributed by atoms with E-state index in [1.165, 1.54) is 23.9 Å². The monoisotopic (exact) mass is 345 g/mol. The molecule has 1 atom stereocenters. The summed E-state index contributed by atoms with van der Waals surface area (Å²) in [6.45, 7) is 2.60. The number of likely N-dealkylation sites (tertiary alicyclic amines) is 1. The van der Waals surface area contributed by atoms with Crippen molar-refractivity contribution in [1.82, 2.24) is 14.8 Å². The van der Waals surface area contributed by atoms with Gasteiger partial charge in [0.2, 0.25) is 0 Å². The van der Waals surface area contributed by atoms with Crippen molar-refractivity contribution in [3.8, 4) is 0 Å². The maximum atomic E-state index is 12.6. The first-order valence-corrected chi connectivity index (χ1v) is 8.32. The van der Waals surface area contributed by atoms with E-state index in [-0.39, 0.29) is 17.6 Å². The number of hydrogen-bond acceptors (Lipinski definition) is 3. The van der Waals surface area contributed by atoms with Gasteiger partial charge in [-0.05, 0) is 24.1 Å². The summed E-state index contributed by atoms with van der Waals surface area (Å²) in [5.41, 5.74) is 1.28. The smallest absolute Gasteiger partial charge is 0.280 e. The van der Waals surface area contributed by atoms with Crippen LogP contribution in [0.5, 0.6) is 0 Å². The van der Waals surface area contributed by atoms with Crippen LogP contribution in [0.3, 0.4) is 0 Å². The van der Waals surface area contributed by atoms with Crippen LogP contribution in [0.15, 0.2) is 48.7 Å². The lowest BCUT2D eigenvalue weighted by molar-refractivity contribution is 0.0733. The van der Waals surface area contributed by atoms with E-state index in [4.69, 9.17) is 0 Å². The van der Waals surface area contributed by atoms with Crippen LogP contribution >= 0.6 is 0 Å². The molecule has 0 radical (unpaired) electrons. The van der Waals surface area contributed by atoms with E-state index in [9.17, 15) is 13.6 Å². The second-order valence-corrected chi connectivity index (χ2v) is 6.35. The minimum atomic E-state index is -2.62. The van der Waals surface area contributed by atoms with Crippen LogP contribution in [-0.4, -0.2) is 46.9 Å². The first-order chi connectivity index (χ1) is 12.0. The zero-order chi connectivity index (χ0) is 17.8. The summed E-state index contributed by atoms with van der Waals surface area (Å²) in [4.78, 5) is 20.2. The molecule has 6 heteroatoms. The van der Waals surface area contributed by atoms with Crippen molar-refractivity contribution in [2.24, 2.45) is 0 Å². The number of benzene rings is 1. The van der Waals surface area contributed by atoms with Gasteiger partial charge in [-0.25, -0.2) is 8.78 Å². The molecule has 1 aromatic heterocycles. The lowest BCUT2D eigenvalue weighted by Crippen LogP contribution is -2.39. The molecule has 1 amide bonds. The second kappa shape index (κ2) is 7.70. The number of hydrogen-bond donors (Lipinski definition) is 0. The minimum Gasteiger partial charge on any atom is -0.337 e. The van der Waals surface area contributed by atoms with Crippen molar-refractivity contribution < 1.29 is 13.6 Å². The van der Waals surface area contributed by atoms with Crippen LogP contribution in [0.4, 0.5) is 8.78 Å². The van der Waals surface area contributed by atoms with Gasteiger partial charge in [-0.1, -0.05) is 30.3 Å². The van der Waals surface area contributed by atoms with Crippen molar-refractivity contribution in [3.63, 3.8) is 0 Å². The quantitative estimate of drug-likeness (QED) is 0.834. The molecule has 1 fully saturated rings. The van der Waals surface area contributed by atoms with Gasteiger partial charge in [0.1, 0.15) is 5.69 Å². The van der Waals surface area contributed by atoms with Crippen molar-refractivity contribution in [2.45, 2.75) is 25.4 Å². The number of pyridine rings is 1. The number of amides is 1. The zero-order valence-corrected chi connectivity index (χ0v) is 14.1. The van der Waals surface area contributed by atoms with E-state index < -0.39 is 6.43 Å². The molecule has 1 unspecified atom stereocenters. The van der Waals surface area contributed by atoms with Crippen molar-refractivity contribution in [2.75, 3.05) is 20.1 Å². The molecule has 2 aromatic rings. The van der Waals surface area contributed by atoms with Gasteiger partial charge in [-0.15, -0.1) is 0 Å². The highest BCUT2D eigenvalue weighted by atomic mass is 19.3. The Balaban J connectivity index is 1.59. The largest absolute Gasteiger partial charge is 0.337 e. The Kier molecular flexibility index (Phi) is 5.38. The van der Waals surface area contributed by atoms with E-state index in [1.807, 2.05) is 18.2 Å². The van der Waals surface area contributed by atoms with Crippen LogP contribution in [0.1, 0.15) is 34.5 Å². The van der Waals surface area contributed by atoms with Crippen LogP contribution in [0, 0.1) is 0 Å². The highest BCUT2D eigenvalue weighted by Crippen LogP contribution is 2.20. The maximum Gasteiger partial charge on any atom is 0.280 e. The molecule has 3 rings (SSSR count). The van der Waals surface area contributed by atoms with Gasteiger partial charge in [-0.3, -0.25) is 14.7 Å². The lowest BCUT2D eigenvalue weighted by Gasteiger charge is -2.25. The molecular weight excluding hydrogens is 324 g/mol. The standard InChI is InChI=1S/C19H21F2N3O/c1-23(19(25)15-7-8-17(18(20)21)22-11-15)16-9-10-24(13-16)12-14-5-3-2-4-6-14/h2-8,11,16,18H,9-10,12-13H2,1H3. The number of likely N-dealkylation sites (N-methyl/N-ethyl adjacent to an activating group) is 1. The third-order valence-electron chi connectivity index (χ3n) is 4.62. The summed E-state index contributed by atoms with van der Waals surface area (Å²) >= 11 is 0. The molecule has 0 aliphatic carbocycles. The summed E-state index contributed by atoms with van der Waals surface area (Å²) in [5.74, 6) is -0.181. The molecule has 4 nitrogen and oxygen atoms in total. The maximum absolute atomic E-state index is 12.6. The van der Waals surface area contributed by atoms with E-state index in [2.05, 4.69) is 22.0 Å². The number of rotatable bonds is 5. The Morgan fingerprint density at radius 1 is 1.28 bits per heavy atom. The third kappa shape index (κ3) is 4.20. The van der Waals surface area contributed by atoms with Gasteiger partial charge >= 0.3 is 0 Å². The van der Waals surface area contributed by atoms with Crippen LogP contribution in [0.25, 0.3) is 0 Å². The van der Waals surface area contributed by atoms with Gasteiger partial charge in [0.25, 0.3) is 12.3 Å². The fourth-order valence-corrected chi connectivity index (χ4v) is 3.14. The lowest BCUT2D eigenvalue weighted by atomic mass is 10.2. The van der Waals surface area contributed by atoms with Gasteiger partial charge in [0, 0.05) is 38.9 Å². The van der Waals surface area contributed by atoms with Gasteiger partial charge in [0.15, 0.2) is 0 Å². The predicted octanol–water partition coefficient (Wildman–Crippen LogP) is 3.37. The number of alkyl halides is 2. The normalized spacial score (nSPS) is 17.8. The van der Waals surface area contributed by atoms with E-state index in [0.717, 1.165) is 26.1 Å². The summed E-state index contributed by atoms with van der Waals surface area (Å²) < 4.78 is 25.1. The van der Waals surface area contributed by atoms with E-state index in [0.29, 0.717) is 5.56 Å². The Hall–Kier alpha value is -2.34. The predicted molar refractivity (Wildman–Crippen MR) is 91.4 cm³/mol. The summed E-state index contributed by atoms with van der Waals surface area (Å²) in [5, 5.41) is 0. The topological polar surface area (TPSA) is 36.4 Å². The average molecular weight is 345 g/mol. The minimum absolute atomic E-state index is 0.117. The number of aromatic nitrogens is 1.